The Bertz CT molecular complexity index is 1130. The topological polar surface area (TPSA) is 247 Å². The fourth-order valence-corrected chi connectivity index (χ4v) is 3.23. The molecule has 0 aliphatic rings. The van der Waals surface area contributed by atoms with Crippen LogP contribution in [0.2, 0.25) is 0 Å². The molecule has 4 amide bonds. The smallest absolute Gasteiger partial charge is 0.326 e. The van der Waals surface area contributed by atoms with E-state index in [4.69, 9.17) is 16.6 Å². The number of aromatic amines is 1. The zero-order valence-corrected chi connectivity index (χ0v) is 18.4. The van der Waals surface area contributed by atoms with Crippen molar-refractivity contribution in [2.24, 2.45) is 11.5 Å². The lowest BCUT2D eigenvalue weighted by atomic mass is 10.0. The summed E-state index contributed by atoms with van der Waals surface area (Å²) in [6.07, 6.45) is 0.240. The Labute approximate surface area is 198 Å². The van der Waals surface area contributed by atoms with Crippen LogP contribution < -0.4 is 27.4 Å². The predicted molar refractivity (Wildman–Crippen MR) is 121 cm³/mol. The Kier molecular flexibility index (Phi) is 9.28. The summed E-state index contributed by atoms with van der Waals surface area (Å²) in [7, 11) is 0. The van der Waals surface area contributed by atoms with Crippen molar-refractivity contribution in [3.63, 3.8) is 0 Å². The van der Waals surface area contributed by atoms with E-state index in [0.717, 1.165) is 10.9 Å². The van der Waals surface area contributed by atoms with E-state index in [1.54, 1.807) is 30.5 Å². The molecule has 0 bridgehead atoms. The van der Waals surface area contributed by atoms with Crippen LogP contribution in [0.3, 0.4) is 0 Å². The van der Waals surface area contributed by atoms with Gasteiger partial charge < -0.3 is 42.6 Å². The highest BCUT2D eigenvalue weighted by molar-refractivity contribution is 5.95. The van der Waals surface area contributed by atoms with Gasteiger partial charge in [-0.1, -0.05) is 18.2 Å². The van der Waals surface area contributed by atoms with Crippen LogP contribution in [-0.4, -0.2) is 75.4 Å². The number of carbonyl (C=O) groups excluding carboxylic acids is 4. The van der Waals surface area contributed by atoms with Crippen LogP contribution >= 0.6 is 0 Å². The van der Waals surface area contributed by atoms with E-state index < -0.39 is 73.1 Å². The lowest BCUT2D eigenvalue weighted by Crippen LogP contribution is -2.55. The van der Waals surface area contributed by atoms with E-state index >= 15 is 0 Å². The molecule has 0 radical (unpaired) electrons. The molecule has 1 heterocycles. The summed E-state index contributed by atoms with van der Waals surface area (Å²) < 4.78 is 0. The van der Waals surface area contributed by atoms with Crippen molar-refractivity contribution in [3.8, 4) is 0 Å². The number of aromatic nitrogens is 1. The molecule has 10 N–H and O–H groups in total. The van der Waals surface area contributed by atoms with Gasteiger partial charge in [0, 0.05) is 23.5 Å². The van der Waals surface area contributed by atoms with Gasteiger partial charge in [0.2, 0.25) is 23.6 Å². The lowest BCUT2D eigenvalue weighted by Gasteiger charge is -2.21. The van der Waals surface area contributed by atoms with Crippen molar-refractivity contribution in [2.45, 2.75) is 37.4 Å². The van der Waals surface area contributed by atoms with Crippen LogP contribution in [0.5, 0.6) is 0 Å². The standard InChI is InChI=1S/C21H26N6O8/c22-12(6-18(30)31)19(32)25-9-17(29)26-14(7-16(23)28)20(33)27-15(21(34)35)5-10-8-24-13-4-2-1-3-11(10)13/h1-4,8,12,14-15,24H,5-7,9,22H2,(H2,23,28)(H,25,32)(H,26,29)(H,27,33)(H,30,31)(H,34,35). The first-order valence-corrected chi connectivity index (χ1v) is 10.4. The number of hydrogen-bond donors (Lipinski definition) is 8. The van der Waals surface area contributed by atoms with E-state index in [1.165, 1.54) is 0 Å². The van der Waals surface area contributed by atoms with Crippen molar-refractivity contribution in [1.29, 1.82) is 0 Å². The average Bonchev–Trinajstić information content (AvgIpc) is 3.18. The number of benzene rings is 1. The van der Waals surface area contributed by atoms with Gasteiger partial charge in [0.15, 0.2) is 0 Å². The molecule has 0 aliphatic carbocycles. The molecule has 2 rings (SSSR count). The molecule has 188 valence electrons. The summed E-state index contributed by atoms with van der Waals surface area (Å²) in [6, 6.07) is 2.87. The molecular formula is C21H26N6O8. The van der Waals surface area contributed by atoms with Crippen LogP contribution in [0.15, 0.2) is 30.5 Å². The summed E-state index contributed by atoms with van der Waals surface area (Å²) in [6.45, 7) is -0.674. The number of hydrogen-bond acceptors (Lipinski definition) is 7. The number of rotatable bonds is 13. The van der Waals surface area contributed by atoms with Gasteiger partial charge in [0.05, 0.1) is 25.4 Å². The number of amides is 4. The van der Waals surface area contributed by atoms with Crippen molar-refractivity contribution in [3.05, 3.63) is 36.0 Å². The first kappa shape index (κ1) is 26.8. The fourth-order valence-electron chi connectivity index (χ4n) is 3.23. The Morgan fingerprint density at radius 1 is 0.943 bits per heavy atom. The zero-order chi connectivity index (χ0) is 26.1. The maximum atomic E-state index is 12.7. The van der Waals surface area contributed by atoms with Crippen molar-refractivity contribution in [1.82, 2.24) is 20.9 Å². The lowest BCUT2D eigenvalue weighted by molar-refractivity contribution is -0.142. The quantitative estimate of drug-likeness (QED) is 0.148. The fraction of sp³-hybridized carbons (Fsp3) is 0.333. The maximum Gasteiger partial charge on any atom is 0.326 e. The number of nitrogens with one attached hydrogen (secondary N) is 4. The van der Waals surface area contributed by atoms with Gasteiger partial charge in [-0.05, 0) is 11.6 Å². The highest BCUT2D eigenvalue weighted by Gasteiger charge is 2.29. The SMILES string of the molecule is NC(=O)CC(NC(=O)CNC(=O)C(N)CC(=O)O)C(=O)NC(Cc1c[nH]c2ccccc12)C(=O)O. The Morgan fingerprint density at radius 2 is 1.63 bits per heavy atom. The molecule has 35 heavy (non-hydrogen) atoms. The second-order valence-electron chi connectivity index (χ2n) is 7.68. The van der Waals surface area contributed by atoms with E-state index in [0.29, 0.717) is 5.56 Å². The van der Waals surface area contributed by atoms with Crippen molar-refractivity contribution < 1.29 is 39.0 Å². The molecule has 0 spiro atoms. The average molecular weight is 490 g/mol. The third kappa shape index (κ3) is 8.12. The number of carbonyl (C=O) groups is 6. The van der Waals surface area contributed by atoms with E-state index in [2.05, 4.69) is 20.9 Å². The van der Waals surface area contributed by atoms with E-state index in [-0.39, 0.29) is 6.42 Å². The summed E-state index contributed by atoms with van der Waals surface area (Å²) >= 11 is 0. The number of fused-ring (bicyclic) bond motifs is 1. The number of carboxylic acids is 2. The number of nitrogens with two attached hydrogens (primary N) is 2. The maximum absolute atomic E-state index is 12.7. The predicted octanol–water partition coefficient (Wildman–Crippen LogP) is -2.44. The van der Waals surface area contributed by atoms with Gasteiger partial charge >= 0.3 is 11.9 Å². The molecule has 0 aliphatic heterocycles. The zero-order valence-electron chi connectivity index (χ0n) is 18.4. The number of carboxylic acid groups (broad SMARTS) is 2. The van der Waals surface area contributed by atoms with Gasteiger partial charge in [0.25, 0.3) is 0 Å². The molecule has 0 saturated carbocycles. The van der Waals surface area contributed by atoms with Gasteiger partial charge in [0.1, 0.15) is 12.1 Å². The molecule has 14 nitrogen and oxygen atoms in total. The van der Waals surface area contributed by atoms with Crippen LogP contribution in [0.4, 0.5) is 0 Å². The normalized spacial score (nSPS) is 13.3. The minimum absolute atomic E-state index is 0.0835. The van der Waals surface area contributed by atoms with E-state index in [9.17, 15) is 33.9 Å². The number of aliphatic carboxylic acids is 2. The van der Waals surface area contributed by atoms with Gasteiger partial charge in [-0.25, -0.2) is 4.79 Å². The molecule has 3 atom stereocenters. The Hall–Kier alpha value is -4.46. The van der Waals surface area contributed by atoms with Gasteiger partial charge in [-0.3, -0.25) is 24.0 Å². The number of H-pyrrole nitrogens is 1. The molecule has 2 aromatic rings. The molecule has 3 unspecified atom stereocenters. The van der Waals surface area contributed by atoms with Crippen LogP contribution in [0.25, 0.3) is 10.9 Å². The third-order valence-corrected chi connectivity index (χ3v) is 4.93. The first-order chi connectivity index (χ1) is 16.5. The van der Waals surface area contributed by atoms with Crippen LogP contribution in [-0.2, 0) is 35.2 Å². The highest BCUT2D eigenvalue weighted by atomic mass is 16.4. The van der Waals surface area contributed by atoms with Gasteiger partial charge in [-0.2, -0.15) is 0 Å². The summed E-state index contributed by atoms with van der Waals surface area (Å²) in [4.78, 5) is 73.4. The number of primary amides is 1. The van der Waals surface area contributed by atoms with Gasteiger partial charge in [-0.15, -0.1) is 0 Å². The number of para-hydroxylation sites is 1. The van der Waals surface area contributed by atoms with E-state index in [1.807, 2.05) is 0 Å². The molecule has 1 aromatic heterocycles. The van der Waals surface area contributed by atoms with Crippen molar-refractivity contribution >= 4 is 46.5 Å². The Morgan fingerprint density at radius 3 is 2.26 bits per heavy atom. The molecule has 14 heteroatoms. The monoisotopic (exact) mass is 490 g/mol. The molecule has 0 fully saturated rings. The highest BCUT2D eigenvalue weighted by Crippen LogP contribution is 2.19. The summed E-state index contributed by atoms with van der Waals surface area (Å²) in [5.74, 6) is -6.39. The summed E-state index contributed by atoms with van der Waals surface area (Å²) in [5, 5.41) is 25.6. The molecule has 0 saturated heterocycles. The molecule has 1 aromatic carbocycles. The Balaban J connectivity index is 2.03. The third-order valence-electron chi connectivity index (χ3n) is 4.93. The second-order valence-corrected chi connectivity index (χ2v) is 7.68. The largest absolute Gasteiger partial charge is 0.481 e. The first-order valence-electron chi connectivity index (χ1n) is 10.4. The minimum Gasteiger partial charge on any atom is -0.481 e. The van der Waals surface area contributed by atoms with Crippen LogP contribution in [0, 0.1) is 0 Å². The second kappa shape index (κ2) is 12.1. The van der Waals surface area contributed by atoms with Crippen molar-refractivity contribution in [2.75, 3.05) is 6.54 Å². The molecular weight excluding hydrogens is 464 g/mol. The summed E-state index contributed by atoms with van der Waals surface area (Å²) in [5.41, 5.74) is 11.9. The minimum atomic E-state index is -1.52. The van der Waals surface area contributed by atoms with Crippen LogP contribution in [0.1, 0.15) is 18.4 Å².